The van der Waals surface area contributed by atoms with Gasteiger partial charge in [0, 0.05) is 18.4 Å². The number of rotatable bonds is 3. The van der Waals surface area contributed by atoms with E-state index < -0.39 is 10.8 Å². The Kier molecular flexibility index (Phi) is 4.20. The molecule has 0 saturated carbocycles. The molecule has 0 aliphatic carbocycles. The van der Waals surface area contributed by atoms with Crippen molar-refractivity contribution in [2.45, 2.75) is 19.1 Å². The Morgan fingerprint density at radius 2 is 2.32 bits per heavy atom. The number of alkyl halides is 1. The van der Waals surface area contributed by atoms with Crippen molar-refractivity contribution in [2.24, 2.45) is 0 Å². The number of morpholine rings is 1. The summed E-state index contributed by atoms with van der Waals surface area (Å²) < 4.78 is 10.5. The van der Waals surface area contributed by atoms with Gasteiger partial charge in [-0.05, 0) is 13.0 Å². The molecule has 0 spiro atoms. The van der Waals surface area contributed by atoms with Crippen LogP contribution in [0.3, 0.4) is 0 Å². The van der Waals surface area contributed by atoms with E-state index in [0.29, 0.717) is 18.4 Å². The molecule has 19 heavy (non-hydrogen) atoms. The lowest BCUT2D eigenvalue weighted by Gasteiger charge is -2.35. The SMILES string of the molecule is CC1CN(C(=O)c2ccc([N+](=O)[O-])o2)CC(CBr)O1. The molecular weight excluding hydrogens is 320 g/mol. The summed E-state index contributed by atoms with van der Waals surface area (Å²) in [6, 6.07) is 2.50. The number of furan rings is 1. The van der Waals surface area contributed by atoms with Crippen LogP contribution in [0.4, 0.5) is 5.88 Å². The van der Waals surface area contributed by atoms with Crippen LogP contribution in [0.2, 0.25) is 0 Å². The number of carbonyl (C=O) groups excluding carboxylic acids is 1. The summed E-state index contributed by atoms with van der Waals surface area (Å²) in [7, 11) is 0. The Morgan fingerprint density at radius 1 is 1.58 bits per heavy atom. The van der Waals surface area contributed by atoms with Gasteiger partial charge in [-0.1, -0.05) is 15.9 Å². The Balaban J connectivity index is 2.11. The Hall–Kier alpha value is -1.41. The van der Waals surface area contributed by atoms with Crippen LogP contribution >= 0.6 is 15.9 Å². The largest absolute Gasteiger partial charge is 0.433 e. The quantitative estimate of drug-likeness (QED) is 0.478. The van der Waals surface area contributed by atoms with Gasteiger partial charge >= 0.3 is 5.88 Å². The average molecular weight is 333 g/mol. The predicted octanol–water partition coefficient (Wildman–Crippen LogP) is 1.81. The monoisotopic (exact) mass is 332 g/mol. The number of nitrogens with zero attached hydrogens (tertiary/aromatic N) is 2. The van der Waals surface area contributed by atoms with Gasteiger partial charge in [0.05, 0.1) is 18.3 Å². The van der Waals surface area contributed by atoms with Crippen LogP contribution in [0.25, 0.3) is 0 Å². The fraction of sp³-hybridized carbons (Fsp3) is 0.545. The lowest BCUT2D eigenvalue weighted by atomic mass is 10.2. The van der Waals surface area contributed by atoms with Crippen LogP contribution in [0.15, 0.2) is 16.5 Å². The van der Waals surface area contributed by atoms with E-state index in [0.717, 1.165) is 0 Å². The van der Waals surface area contributed by atoms with E-state index in [1.54, 1.807) is 4.90 Å². The topological polar surface area (TPSA) is 85.8 Å². The third-order valence-corrected chi connectivity index (χ3v) is 3.49. The number of ether oxygens (including phenoxy) is 1. The fourth-order valence-electron chi connectivity index (χ4n) is 1.99. The first-order valence-corrected chi connectivity index (χ1v) is 6.88. The van der Waals surface area contributed by atoms with Gasteiger partial charge in [-0.25, -0.2) is 0 Å². The molecular formula is C11H13BrN2O5. The number of nitro groups is 1. The first-order valence-electron chi connectivity index (χ1n) is 5.76. The molecule has 7 nitrogen and oxygen atoms in total. The van der Waals surface area contributed by atoms with Crippen molar-refractivity contribution in [1.82, 2.24) is 4.90 Å². The molecule has 1 amide bonds. The summed E-state index contributed by atoms with van der Waals surface area (Å²) in [6.45, 7) is 2.75. The summed E-state index contributed by atoms with van der Waals surface area (Å²) in [4.78, 5) is 23.6. The van der Waals surface area contributed by atoms with Crippen LogP contribution < -0.4 is 0 Å². The molecule has 2 rings (SSSR count). The van der Waals surface area contributed by atoms with Crippen LogP contribution in [0.5, 0.6) is 0 Å². The number of halogens is 1. The van der Waals surface area contributed by atoms with E-state index in [-0.39, 0.29) is 23.9 Å². The Morgan fingerprint density at radius 3 is 2.89 bits per heavy atom. The number of hydrogen-bond donors (Lipinski definition) is 0. The second kappa shape index (κ2) is 5.70. The third-order valence-electron chi connectivity index (χ3n) is 2.77. The zero-order chi connectivity index (χ0) is 14.0. The van der Waals surface area contributed by atoms with Gasteiger partial charge in [-0.15, -0.1) is 0 Å². The molecule has 1 saturated heterocycles. The van der Waals surface area contributed by atoms with E-state index in [4.69, 9.17) is 9.15 Å². The van der Waals surface area contributed by atoms with Crippen LogP contribution in [0.1, 0.15) is 17.5 Å². The summed E-state index contributed by atoms with van der Waals surface area (Å²) in [6.07, 6.45) is -0.164. The van der Waals surface area contributed by atoms with Gasteiger partial charge in [0.2, 0.25) is 0 Å². The zero-order valence-corrected chi connectivity index (χ0v) is 11.8. The number of amides is 1. The maximum atomic E-state index is 12.2. The van der Waals surface area contributed by atoms with Gasteiger partial charge in [-0.3, -0.25) is 14.9 Å². The van der Waals surface area contributed by atoms with E-state index in [2.05, 4.69) is 15.9 Å². The number of hydrogen-bond acceptors (Lipinski definition) is 5. The third kappa shape index (κ3) is 3.13. The van der Waals surface area contributed by atoms with Crippen molar-refractivity contribution in [3.63, 3.8) is 0 Å². The van der Waals surface area contributed by atoms with E-state index in [1.165, 1.54) is 12.1 Å². The maximum absolute atomic E-state index is 12.2. The average Bonchev–Trinajstić information content (AvgIpc) is 2.86. The highest BCUT2D eigenvalue weighted by molar-refractivity contribution is 9.09. The van der Waals surface area contributed by atoms with Crippen molar-refractivity contribution in [3.8, 4) is 0 Å². The van der Waals surface area contributed by atoms with Crippen molar-refractivity contribution in [2.75, 3.05) is 18.4 Å². The van der Waals surface area contributed by atoms with Gasteiger partial charge in [-0.2, -0.15) is 0 Å². The molecule has 1 aromatic rings. The molecule has 0 N–H and O–H groups in total. The highest BCUT2D eigenvalue weighted by Gasteiger charge is 2.30. The lowest BCUT2D eigenvalue weighted by Crippen LogP contribution is -2.49. The zero-order valence-electron chi connectivity index (χ0n) is 10.2. The molecule has 8 heteroatoms. The molecule has 0 bridgehead atoms. The van der Waals surface area contributed by atoms with Crippen molar-refractivity contribution >= 4 is 27.7 Å². The summed E-state index contributed by atoms with van der Waals surface area (Å²) in [5.74, 6) is -0.801. The fourth-order valence-corrected chi connectivity index (χ4v) is 2.35. The van der Waals surface area contributed by atoms with Gasteiger partial charge in [0.15, 0.2) is 5.76 Å². The van der Waals surface area contributed by atoms with Gasteiger partial charge in [0.25, 0.3) is 5.91 Å². The van der Waals surface area contributed by atoms with Crippen molar-refractivity contribution in [3.05, 3.63) is 28.0 Å². The van der Waals surface area contributed by atoms with E-state index in [1.807, 2.05) is 6.92 Å². The number of carbonyl (C=O) groups is 1. The summed E-state index contributed by atoms with van der Waals surface area (Å²) >= 11 is 3.32. The molecule has 1 aliphatic heterocycles. The minimum Gasteiger partial charge on any atom is -0.395 e. The van der Waals surface area contributed by atoms with Crippen LogP contribution in [0, 0.1) is 10.1 Å². The molecule has 0 aromatic carbocycles. The standard InChI is InChI=1S/C11H13BrN2O5/c1-7-5-13(6-8(4-12)18-7)11(15)9-2-3-10(19-9)14(16)17/h2-3,7-8H,4-6H2,1H3. The van der Waals surface area contributed by atoms with E-state index in [9.17, 15) is 14.9 Å². The normalized spacial score (nSPS) is 23.4. The molecule has 2 heterocycles. The second-order valence-corrected chi connectivity index (χ2v) is 4.98. The van der Waals surface area contributed by atoms with Crippen LogP contribution in [-0.4, -0.2) is 46.4 Å². The Bertz CT molecular complexity index is 489. The van der Waals surface area contributed by atoms with E-state index >= 15 is 0 Å². The predicted molar refractivity (Wildman–Crippen MR) is 69.4 cm³/mol. The molecule has 1 aromatic heterocycles. The molecule has 1 fully saturated rings. The van der Waals surface area contributed by atoms with Crippen LogP contribution in [-0.2, 0) is 4.74 Å². The summed E-state index contributed by atoms with van der Waals surface area (Å²) in [5, 5.41) is 11.1. The lowest BCUT2D eigenvalue weighted by molar-refractivity contribution is -0.402. The molecule has 2 unspecified atom stereocenters. The molecule has 0 radical (unpaired) electrons. The molecule has 2 atom stereocenters. The first kappa shape index (κ1) is 14.0. The molecule has 104 valence electrons. The second-order valence-electron chi connectivity index (χ2n) is 4.33. The first-order chi connectivity index (χ1) is 9.01. The maximum Gasteiger partial charge on any atom is 0.433 e. The highest BCUT2D eigenvalue weighted by Crippen LogP contribution is 2.20. The minimum atomic E-state index is -0.667. The highest BCUT2D eigenvalue weighted by atomic mass is 79.9. The Labute approximate surface area is 117 Å². The minimum absolute atomic E-state index is 0.0193. The summed E-state index contributed by atoms with van der Waals surface area (Å²) in [5.41, 5.74) is 0. The van der Waals surface area contributed by atoms with Crippen molar-refractivity contribution in [1.29, 1.82) is 0 Å². The molecule has 1 aliphatic rings. The smallest absolute Gasteiger partial charge is 0.395 e. The van der Waals surface area contributed by atoms with Crippen molar-refractivity contribution < 1.29 is 18.9 Å². The van der Waals surface area contributed by atoms with Gasteiger partial charge in [0.1, 0.15) is 4.92 Å². The van der Waals surface area contributed by atoms with Gasteiger partial charge < -0.3 is 14.1 Å².